The van der Waals surface area contributed by atoms with Crippen LogP contribution in [0.1, 0.15) is 5.56 Å². The van der Waals surface area contributed by atoms with Crippen LogP contribution in [0.2, 0.25) is 0 Å². The first-order chi connectivity index (χ1) is 13.7. The molecule has 28 heavy (non-hydrogen) atoms. The number of rotatable bonds is 5. The average Bonchev–Trinajstić information content (AvgIpc) is 3.17. The molecular formula is C22H15N3O2S. The summed E-state index contributed by atoms with van der Waals surface area (Å²) in [6, 6.07) is 24.3. The maximum absolute atomic E-state index is 12.1. The first kappa shape index (κ1) is 17.7. The Morgan fingerprint density at radius 1 is 1.04 bits per heavy atom. The lowest BCUT2D eigenvalue weighted by molar-refractivity contribution is -0.118. The fourth-order valence-electron chi connectivity index (χ4n) is 2.66. The van der Waals surface area contributed by atoms with Gasteiger partial charge in [-0.05, 0) is 60.7 Å². The van der Waals surface area contributed by atoms with E-state index in [0.717, 1.165) is 20.8 Å². The topological polar surface area (TPSA) is 75.0 Å². The van der Waals surface area contributed by atoms with Crippen LogP contribution in [0, 0.1) is 11.3 Å². The Labute approximate surface area is 165 Å². The van der Waals surface area contributed by atoms with Crippen molar-refractivity contribution in [3.8, 4) is 22.4 Å². The summed E-state index contributed by atoms with van der Waals surface area (Å²) in [5.41, 5.74) is 3.23. The Hall–Kier alpha value is -3.69. The molecule has 1 heterocycles. The van der Waals surface area contributed by atoms with Gasteiger partial charge in [0.25, 0.3) is 5.91 Å². The molecule has 0 saturated carbocycles. The molecule has 0 saturated heterocycles. The third-order valence-electron chi connectivity index (χ3n) is 4.06. The Kier molecular flexibility index (Phi) is 5.00. The number of nitriles is 1. The molecule has 4 rings (SSSR count). The van der Waals surface area contributed by atoms with Crippen LogP contribution in [0.4, 0.5) is 5.69 Å². The summed E-state index contributed by atoms with van der Waals surface area (Å²) in [4.78, 5) is 16.7. The number of thiazole rings is 1. The van der Waals surface area contributed by atoms with Crippen molar-refractivity contribution in [2.75, 3.05) is 11.9 Å². The first-order valence-corrected chi connectivity index (χ1v) is 9.42. The molecule has 4 aromatic rings. The van der Waals surface area contributed by atoms with Crippen LogP contribution >= 0.6 is 11.3 Å². The van der Waals surface area contributed by atoms with E-state index in [9.17, 15) is 4.79 Å². The minimum absolute atomic E-state index is 0.106. The number of aromatic nitrogens is 1. The predicted octanol–water partition coefficient (Wildman–Crippen LogP) is 4.85. The molecule has 5 nitrogen and oxygen atoms in total. The highest BCUT2D eigenvalue weighted by Gasteiger charge is 2.07. The van der Waals surface area contributed by atoms with E-state index < -0.39 is 0 Å². The number of hydrogen-bond acceptors (Lipinski definition) is 5. The van der Waals surface area contributed by atoms with Gasteiger partial charge in [-0.15, -0.1) is 11.3 Å². The summed E-state index contributed by atoms with van der Waals surface area (Å²) in [6.45, 7) is -0.106. The third-order valence-corrected chi connectivity index (χ3v) is 5.15. The van der Waals surface area contributed by atoms with Crippen molar-refractivity contribution in [1.29, 1.82) is 5.26 Å². The van der Waals surface area contributed by atoms with Gasteiger partial charge < -0.3 is 10.1 Å². The Bertz CT molecular complexity index is 1130. The van der Waals surface area contributed by atoms with Gasteiger partial charge in [0.1, 0.15) is 10.8 Å². The Morgan fingerprint density at radius 2 is 1.79 bits per heavy atom. The number of nitrogens with zero attached hydrogens (tertiary/aromatic N) is 2. The monoisotopic (exact) mass is 385 g/mol. The lowest BCUT2D eigenvalue weighted by Crippen LogP contribution is -2.20. The van der Waals surface area contributed by atoms with Gasteiger partial charge in [0.05, 0.1) is 21.8 Å². The molecule has 0 bridgehead atoms. The average molecular weight is 385 g/mol. The van der Waals surface area contributed by atoms with Crippen molar-refractivity contribution < 1.29 is 9.53 Å². The lowest BCUT2D eigenvalue weighted by atomic mass is 10.2. The second kappa shape index (κ2) is 7.91. The van der Waals surface area contributed by atoms with Crippen LogP contribution in [0.3, 0.4) is 0 Å². The molecule has 0 unspecified atom stereocenters. The van der Waals surface area contributed by atoms with Crippen molar-refractivity contribution in [2.45, 2.75) is 0 Å². The zero-order chi connectivity index (χ0) is 19.3. The number of amides is 1. The summed E-state index contributed by atoms with van der Waals surface area (Å²) < 4.78 is 6.58. The van der Waals surface area contributed by atoms with Gasteiger partial charge in [-0.3, -0.25) is 4.79 Å². The van der Waals surface area contributed by atoms with Crippen LogP contribution in [0.5, 0.6) is 5.75 Å². The minimum Gasteiger partial charge on any atom is -0.484 e. The van der Waals surface area contributed by atoms with E-state index in [1.165, 1.54) is 0 Å². The van der Waals surface area contributed by atoms with Gasteiger partial charge in [-0.1, -0.05) is 12.1 Å². The van der Waals surface area contributed by atoms with Gasteiger partial charge in [0, 0.05) is 11.3 Å². The largest absolute Gasteiger partial charge is 0.484 e. The number of nitrogens with one attached hydrogen (secondary N) is 1. The van der Waals surface area contributed by atoms with Crippen LogP contribution in [-0.4, -0.2) is 17.5 Å². The number of benzene rings is 3. The normalized spacial score (nSPS) is 10.4. The highest BCUT2D eigenvalue weighted by molar-refractivity contribution is 7.21. The summed E-state index contributed by atoms with van der Waals surface area (Å²) in [7, 11) is 0. The number of ether oxygens (including phenoxy) is 1. The Balaban J connectivity index is 1.37. The molecule has 1 aromatic heterocycles. The fraction of sp³-hybridized carbons (Fsp3) is 0.0455. The summed E-state index contributed by atoms with van der Waals surface area (Å²) in [6.07, 6.45) is 0. The summed E-state index contributed by atoms with van der Waals surface area (Å²) in [5.74, 6) is 0.289. The van der Waals surface area contributed by atoms with Crippen molar-refractivity contribution in [3.63, 3.8) is 0 Å². The zero-order valence-corrected chi connectivity index (χ0v) is 15.6. The molecule has 1 amide bonds. The smallest absolute Gasteiger partial charge is 0.262 e. The molecule has 0 fully saturated rings. The molecule has 6 heteroatoms. The number of carbonyl (C=O) groups is 1. The van der Waals surface area contributed by atoms with Gasteiger partial charge in [0.2, 0.25) is 0 Å². The van der Waals surface area contributed by atoms with E-state index in [4.69, 9.17) is 10.00 Å². The second-order valence-electron chi connectivity index (χ2n) is 6.04. The quantitative estimate of drug-likeness (QED) is 0.533. The molecule has 0 atom stereocenters. The van der Waals surface area contributed by atoms with E-state index >= 15 is 0 Å². The fourth-order valence-corrected chi connectivity index (χ4v) is 3.63. The van der Waals surface area contributed by atoms with E-state index in [-0.39, 0.29) is 12.5 Å². The maximum atomic E-state index is 12.1. The first-order valence-electron chi connectivity index (χ1n) is 8.60. The van der Waals surface area contributed by atoms with Crippen molar-refractivity contribution >= 4 is 33.1 Å². The molecule has 0 spiro atoms. The predicted molar refractivity (Wildman–Crippen MR) is 110 cm³/mol. The SMILES string of the molecule is N#Cc1ccc(OCC(=O)Nc2ccc(-c3nc4ccccc4s3)cc2)cc1. The number of carbonyl (C=O) groups excluding carboxylic acids is 1. The molecular weight excluding hydrogens is 370 g/mol. The van der Waals surface area contributed by atoms with Crippen molar-refractivity contribution in [1.82, 2.24) is 4.98 Å². The molecule has 0 aliphatic heterocycles. The molecule has 1 N–H and O–H groups in total. The van der Waals surface area contributed by atoms with E-state index in [2.05, 4.69) is 16.4 Å². The molecule has 0 aliphatic carbocycles. The van der Waals surface area contributed by atoms with Gasteiger partial charge in [0.15, 0.2) is 6.61 Å². The van der Waals surface area contributed by atoms with E-state index in [1.807, 2.05) is 48.5 Å². The van der Waals surface area contributed by atoms with Gasteiger partial charge >= 0.3 is 0 Å². The van der Waals surface area contributed by atoms with Gasteiger partial charge in [-0.25, -0.2) is 4.98 Å². The third kappa shape index (κ3) is 4.00. The maximum Gasteiger partial charge on any atom is 0.262 e. The standard InChI is InChI=1S/C22H15N3O2S/c23-13-15-5-11-18(12-6-15)27-14-21(26)24-17-9-7-16(8-10-17)22-25-19-3-1-2-4-20(19)28-22/h1-12H,14H2,(H,24,26). The highest BCUT2D eigenvalue weighted by atomic mass is 32.1. The number of para-hydroxylation sites is 1. The Morgan fingerprint density at radius 3 is 2.50 bits per heavy atom. The van der Waals surface area contributed by atoms with Crippen molar-refractivity contribution in [2.24, 2.45) is 0 Å². The zero-order valence-electron chi connectivity index (χ0n) is 14.8. The van der Waals surface area contributed by atoms with Crippen molar-refractivity contribution in [3.05, 3.63) is 78.4 Å². The number of anilines is 1. The van der Waals surface area contributed by atoms with Crippen LogP contribution < -0.4 is 10.1 Å². The highest BCUT2D eigenvalue weighted by Crippen LogP contribution is 2.30. The van der Waals surface area contributed by atoms with Crippen LogP contribution in [-0.2, 0) is 4.79 Å². The van der Waals surface area contributed by atoms with E-state index in [1.54, 1.807) is 35.6 Å². The molecule has 136 valence electrons. The molecule has 0 radical (unpaired) electrons. The summed E-state index contributed by atoms with van der Waals surface area (Å²) >= 11 is 1.64. The summed E-state index contributed by atoms with van der Waals surface area (Å²) in [5, 5.41) is 12.5. The lowest BCUT2D eigenvalue weighted by Gasteiger charge is -2.08. The number of fused-ring (bicyclic) bond motifs is 1. The van der Waals surface area contributed by atoms with E-state index in [0.29, 0.717) is 17.0 Å². The van der Waals surface area contributed by atoms with Crippen LogP contribution in [0.25, 0.3) is 20.8 Å². The molecule has 3 aromatic carbocycles. The second-order valence-corrected chi connectivity index (χ2v) is 7.07. The van der Waals surface area contributed by atoms with Crippen LogP contribution in [0.15, 0.2) is 72.8 Å². The van der Waals surface area contributed by atoms with Gasteiger partial charge in [-0.2, -0.15) is 5.26 Å². The minimum atomic E-state index is -0.253. The number of hydrogen-bond donors (Lipinski definition) is 1. The molecule has 0 aliphatic rings.